The first-order valence-corrected chi connectivity index (χ1v) is 6.49. The number of aliphatic imine (C=N–C) groups is 1. The van der Waals surface area contributed by atoms with Gasteiger partial charge in [0.1, 0.15) is 5.75 Å². The Kier molecular flexibility index (Phi) is 2.86. The maximum absolute atomic E-state index is 5.31. The highest BCUT2D eigenvalue weighted by molar-refractivity contribution is 5.83. The van der Waals surface area contributed by atoms with Crippen molar-refractivity contribution in [3.05, 3.63) is 65.2 Å². The van der Waals surface area contributed by atoms with Crippen LogP contribution in [-0.2, 0) is 12.0 Å². The topological polar surface area (TPSA) is 21.6 Å². The number of rotatable bonds is 2. The van der Waals surface area contributed by atoms with Crippen molar-refractivity contribution < 1.29 is 4.74 Å². The lowest BCUT2D eigenvalue weighted by Crippen LogP contribution is -2.26. The van der Waals surface area contributed by atoms with E-state index in [9.17, 15) is 0 Å². The first-order chi connectivity index (χ1) is 9.21. The summed E-state index contributed by atoms with van der Waals surface area (Å²) in [6, 6.07) is 16.6. The summed E-state index contributed by atoms with van der Waals surface area (Å²) in [6.45, 7) is 2.17. The van der Waals surface area contributed by atoms with E-state index < -0.39 is 0 Å². The van der Waals surface area contributed by atoms with E-state index >= 15 is 0 Å². The van der Waals surface area contributed by atoms with Crippen molar-refractivity contribution in [2.75, 3.05) is 7.11 Å². The predicted octanol–water partition coefficient (Wildman–Crippen LogP) is 3.59. The van der Waals surface area contributed by atoms with Crippen LogP contribution in [0.15, 0.2) is 53.5 Å². The van der Waals surface area contributed by atoms with Gasteiger partial charge in [-0.15, -0.1) is 0 Å². The van der Waals surface area contributed by atoms with Crippen LogP contribution in [0.1, 0.15) is 23.6 Å². The highest BCUT2D eigenvalue weighted by Gasteiger charge is 2.29. The second kappa shape index (κ2) is 4.54. The average Bonchev–Trinajstić information content (AvgIpc) is 2.47. The Morgan fingerprint density at radius 1 is 1.11 bits per heavy atom. The number of nitrogens with zero attached hydrogens (tertiary/aromatic N) is 1. The van der Waals surface area contributed by atoms with Crippen molar-refractivity contribution in [3.63, 3.8) is 0 Å². The largest absolute Gasteiger partial charge is 0.497 e. The first-order valence-electron chi connectivity index (χ1n) is 6.49. The maximum atomic E-state index is 5.31. The third-order valence-electron chi connectivity index (χ3n) is 3.77. The van der Waals surface area contributed by atoms with Gasteiger partial charge in [0.15, 0.2) is 0 Å². The van der Waals surface area contributed by atoms with Crippen LogP contribution in [0.3, 0.4) is 0 Å². The summed E-state index contributed by atoms with van der Waals surface area (Å²) in [5.74, 6) is 0.882. The van der Waals surface area contributed by atoms with Crippen LogP contribution in [0.4, 0.5) is 0 Å². The van der Waals surface area contributed by atoms with Crippen LogP contribution >= 0.6 is 0 Å². The molecule has 96 valence electrons. The second-order valence-corrected chi connectivity index (χ2v) is 5.14. The number of hydrogen-bond donors (Lipinski definition) is 0. The van der Waals surface area contributed by atoms with Gasteiger partial charge in [0.2, 0.25) is 0 Å². The summed E-state index contributed by atoms with van der Waals surface area (Å²) in [5.41, 5.74) is 3.56. The Morgan fingerprint density at radius 2 is 1.95 bits per heavy atom. The molecule has 1 aliphatic rings. The number of benzene rings is 2. The minimum absolute atomic E-state index is 0.205. The van der Waals surface area contributed by atoms with Crippen molar-refractivity contribution in [2.24, 2.45) is 4.99 Å². The Hall–Kier alpha value is -2.09. The molecule has 1 unspecified atom stereocenters. The predicted molar refractivity (Wildman–Crippen MR) is 78.1 cm³/mol. The molecule has 0 radical (unpaired) electrons. The van der Waals surface area contributed by atoms with E-state index in [1.165, 1.54) is 16.7 Å². The highest BCUT2D eigenvalue weighted by atomic mass is 16.5. The van der Waals surface area contributed by atoms with Crippen LogP contribution in [0.2, 0.25) is 0 Å². The lowest BCUT2D eigenvalue weighted by molar-refractivity contribution is 0.410. The molecule has 0 bridgehead atoms. The zero-order valence-electron chi connectivity index (χ0n) is 11.3. The molecule has 0 saturated carbocycles. The Morgan fingerprint density at radius 3 is 2.79 bits per heavy atom. The molecule has 1 aliphatic heterocycles. The number of hydrogen-bond acceptors (Lipinski definition) is 2. The molecule has 3 rings (SSSR count). The van der Waals surface area contributed by atoms with E-state index in [1.807, 2.05) is 18.3 Å². The molecule has 0 saturated heterocycles. The van der Waals surface area contributed by atoms with Crippen molar-refractivity contribution >= 4 is 6.21 Å². The van der Waals surface area contributed by atoms with Crippen LogP contribution in [0, 0.1) is 0 Å². The van der Waals surface area contributed by atoms with Gasteiger partial charge in [-0.25, -0.2) is 0 Å². The van der Waals surface area contributed by atoms with Crippen molar-refractivity contribution in [2.45, 2.75) is 18.9 Å². The second-order valence-electron chi connectivity index (χ2n) is 5.14. The van der Waals surface area contributed by atoms with E-state index in [0.29, 0.717) is 0 Å². The summed E-state index contributed by atoms with van der Waals surface area (Å²) < 4.78 is 5.31. The molecule has 0 aromatic heterocycles. The van der Waals surface area contributed by atoms with Gasteiger partial charge >= 0.3 is 0 Å². The minimum Gasteiger partial charge on any atom is -0.497 e. The van der Waals surface area contributed by atoms with Crippen molar-refractivity contribution in [1.82, 2.24) is 0 Å². The smallest absolute Gasteiger partial charge is 0.119 e. The lowest BCUT2D eigenvalue weighted by Gasteiger charge is -2.30. The van der Waals surface area contributed by atoms with Gasteiger partial charge in [-0.2, -0.15) is 0 Å². The molecular formula is C17H17NO. The third-order valence-corrected chi connectivity index (χ3v) is 3.77. The maximum Gasteiger partial charge on any atom is 0.119 e. The molecule has 2 nitrogen and oxygen atoms in total. The van der Waals surface area contributed by atoms with Crippen LogP contribution in [-0.4, -0.2) is 13.3 Å². The summed E-state index contributed by atoms with van der Waals surface area (Å²) >= 11 is 0. The van der Waals surface area contributed by atoms with Gasteiger partial charge < -0.3 is 4.74 Å². The van der Waals surface area contributed by atoms with Gasteiger partial charge in [-0.05, 0) is 35.7 Å². The molecule has 0 amide bonds. The first kappa shape index (κ1) is 12.0. The third kappa shape index (κ3) is 2.14. The Bertz CT molecular complexity index is 633. The summed E-state index contributed by atoms with van der Waals surface area (Å²) in [6.07, 6.45) is 2.91. The van der Waals surface area contributed by atoms with E-state index in [-0.39, 0.29) is 5.54 Å². The number of ether oxygens (including phenoxy) is 1. The molecule has 2 aromatic carbocycles. The summed E-state index contributed by atoms with van der Waals surface area (Å²) in [7, 11) is 1.70. The van der Waals surface area contributed by atoms with Gasteiger partial charge in [0.05, 0.1) is 12.6 Å². The molecule has 0 aliphatic carbocycles. The summed E-state index contributed by atoms with van der Waals surface area (Å²) in [4.78, 5) is 4.77. The van der Waals surface area contributed by atoms with Gasteiger partial charge in [-0.1, -0.05) is 36.4 Å². The Labute approximate surface area is 113 Å². The van der Waals surface area contributed by atoms with Crippen LogP contribution < -0.4 is 4.74 Å². The lowest BCUT2D eigenvalue weighted by atomic mass is 9.83. The number of methoxy groups -OCH3 is 1. The number of fused-ring (bicyclic) bond motifs is 1. The summed E-state index contributed by atoms with van der Waals surface area (Å²) in [5, 5.41) is 0. The van der Waals surface area contributed by atoms with Crippen molar-refractivity contribution in [1.29, 1.82) is 0 Å². The average molecular weight is 251 g/mol. The van der Waals surface area contributed by atoms with E-state index in [4.69, 9.17) is 9.73 Å². The molecule has 0 fully saturated rings. The fourth-order valence-corrected chi connectivity index (χ4v) is 2.58. The standard InChI is InChI=1S/C17H17NO/c1-17(15-8-5-9-16(10-15)19-2)11-13-6-3-4-7-14(13)12-18-17/h3-10,12H,11H2,1-2H3. The zero-order valence-corrected chi connectivity index (χ0v) is 11.3. The Balaban J connectivity index is 2.01. The SMILES string of the molecule is COc1cccc(C2(C)Cc3ccccc3C=N2)c1. The molecule has 19 heavy (non-hydrogen) atoms. The van der Waals surface area contributed by atoms with E-state index in [0.717, 1.165) is 12.2 Å². The fraction of sp³-hybridized carbons (Fsp3) is 0.235. The van der Waals surface area contributed by atoms with Gasteiger partial charge in [0, 0.05) is 12.6 Å². The van der Waals surface area contributed by atoms with E-state index in [2.05, 4.69) is 43.3 Å². The van der Waals surface area contributed by atoms with Crippen LogP contribution in [0.25, 0.3) is 0 Å². The quantitative estimate of drug-likeness (QED) is 0.799. The fourth-order valence-electron chi connectivity index (χ4n) is 2.58. The highest BCUT2D eigenvalue weighted by Crippen LogP contribution is 2.34. The zero-order chi connectivity index (χ0) is 13.3. The molecule has 1 heterocycles. The minimum atomic E-state index is -0.205. The molecular weight excluding hydrogens is 234 g/mol. The van der Waals surface area contributed by atoms with Gasteiger partial charge in [0.25, 0.3) is 0 Å². The van der Waals surface area contributed by atoms with Gasteiger partial charge in [-0.3, -0.25) is 4.99 Å². The van der Waals surface area contributed by atoms with E-state index in [1.54, 1.807) is 7.11 Å². The monoisotopic (exact) mass is 251 g/mol. The normalized spacial score (nSPS) is 20.9. The molecule has 1 atom stereocenters. The molecule has 2 aromatic rings. The molecule has 2 heteroatoms. The van der Waals surface area contributed by atoms with Crippen LogP contribution in [0.5, 0.6) is 5.75 Å². The van der Waals surface area contributed by atoms with Crippen molar-refractivity contribution in [3.8, 4) is 5.75 Å². The molecule has 0 N–H and O–H groups in total. The molecule has 0 spiro atoms.